The van der Waals surface area contributed by atoms with E-state index in [1.807, 2.05) is 42.5 Å². The maximum atomic E-state index is 5.85. The maximum Gasteiger partial charge on any atom is 0.164 e. The van der Waals surface area contributed by atoms with E-state index in [4.69, 9.17) is 14.2 Å². The van der Waals surface area contributed by atoms with Crippen LogP contribution in [0.25, 0.3) is 6.08 Å². The lowest BCUT2D eigenvalue weighted by molar-refractivity contribution is 0.299. The van der Waals surface area contributed by atoms with E-state index in [1.54, 1.807) is 20.3 Å². The zero-order valence-electron chi connectivity index (χ0n) is 11.8. The average Bonchev–Trinajstić information content (AvgIpc) is 2.52. The highest BCUT2D eigenvalue weighted by atomic mass is 16.5. The molecule has 0 atom stereocenters. The molecule has 20 heavy (non-hydrogen) atoms. The highest BCUT2D eigenvalue weighted by Crippen LogP contribution is 2.35. The summed E-state index contributed by atoms with van der Waals surface area (Å²) in [4.78, 5) is 0. The van der Waals surface area contributed by atoms with Crippen molar-refractivity contribution in [3.05, 3.63) is 60.2 Å². The molecule has 0 N–H and O–H groups in total. The van der Waals surface area contributed by atoms with Gasteiger partial charge in [0.2, 0.25) is 0 Å². The summed E-state index contributed by atoms with van der Waals surface area (Å²) in [5.74, 6) is 2.03. The molecule has 0 unspecified atom stereocenters. The van der Waals surface area contributed by atoms with Crippen molar-refractivity contribution in [1.82, 2.24) is 0 Å². The second kappa shape index (κ2) is 6.66. The SMILES string of the molecule is C=Cc1cc(OC)c(OC)cc1OCc1ccccc1. The number of rotatable bonds is 6. The highest BCUT2D eigenvalue weighted by Gasteiger charge is 2.10. The van der Waals surface area contributed by atoms with Crippen LogP contribution in [0, 0.1) is 0 Å². The van der Waals surface area contributed by atoms with Crippen molar-refractivity contribution < 1.29 is 14.2 Å². The van der Waals surface area contributed by atoms with E-state index in [1.165, 1.54) is 0 Å². The van der Waals surface area contributed by atoms with Crippen LogP contribution in [0.5, 0.6) is 17.2 Å². The lowest BCUT2D eigenvalue weighted by Gasteiger charge is -2.14. The molecule has 0 saturated heterocycles. The van der Waals surface area contributed by atoms with Gasteiger partial charge >= 0.3 is 0 Å². The molecular weight excluding hydrogens is 252 g/mol. The molecule has 0 aliphatic heterocycles. The molecule has 0 aliphatic rings. The van der Waals surface area contributed by atoms with Crippen LogP contribution in [0.3, 0.4) is 0 Å². The van der Waals surface area contributed by atoms with Gasteiger partial charge in [0.1, 0.15) is 12.4 Å². The summed E-state index contributed by atoms with van der Waals surface area (Å²) in [6.07, 6.45) is 1.74. The van der Waals surface area contributed by atoms with E-state index < -0.39 is 0 Å². The molecule has 0 aromatic heterocycles. The Hall–Kier alpha value is -2.42. The van der Waals surface area contributed by atoms with Crippen LogP contribution in [0.4, 0.5) is 0 Å². The van der Waals surface area contributed by atoms with Gasteiger partial charge in [0.25, 0.3) is 0 Å². The Balaban J connectivity index is 2.24. The van der Waals surface area contributed by atoms with E-state index >= 15 is 0 Å². The van der Waals surface area contributed by atoms with Gasteiger partial charge < -0.3 is 14.2 Å². The summed E-state index contributed by atoms with van der Waals surface area (Å²) in [5.41, 5.74) is 1.98. The van der Waals surface area contributed by atoms with Crippen molar-refractivity contribution >= 4 is 6.08 Å². The average molecular weight is 270 g/mol. The molecule has 0 spiro atoms. The Morgan fingerprint density at radius 3 is 2.20 bits per heavy atom. The van der Waals surface area contributed by atoms with Crippen molar-refractivity contribution in [2.75, 3.05) is 14.2 Å². The topological polar surface area (TPSA) is 27.7 Å². The standard InChI is InChI=1S/C17H18O3/c1-4-14-10-16(18-2)17(19-3)11-15(14)20-12-13-8-6-5-7-9-13/h4-11H,1,12H2,2-3H3. The Morgan fingerprint density at radius 2 is 1.60 bits per heavy atom. The zero-order valence-corrected chi connectivity index (χ0v) is 11.8. The summed E-state index contributed by atoms with van der Waals surface area (Å²) in [5, 5.41) is 0. The fourth-order valence-electron chi connectivity index (χ4n) is 1.90. The molecule has 2 aromatic rings. The number of hydrogen-bond acceptors (Lipinski definition) is 3. The third-order valence-corrected chi connectivity index (χ3v) is 2.97. The molecule has 0 amide bonds. The number of benzene rings is 2. The molecule has 0 bridgehead atoms. The van der Waals surface area contributed by atoms with Crippen LogP contribution in [0.2, 0.25) is 0 Å². The van der Waals surface area contributed by atoms with Crippen molar-refractivity contribution in [2.45, 2.75) is 6.61 Å². The largest absolute Gasteiger partial charge is 0.493 e. The third kappa shape index (κ3) is 3.12. The minimum atomic E-state index is 0.497. The normalized spacial score (nSPS) is 9.90. The predicted molar refractivity (Wildman–Crippen MR) is 80.4 cm³/mol. The Morgan fingerprint density at radius 1 is 0.950 bits per heavy atom. The molecule has 0 aliphatic carbocycles. The van der Waals surface area contributed by atoms with Crippen LogP contribution in [-0.4, -0.2) is 14.2 Å². The lowest BCUT2D eigenvalue weighted by Crippen LogP contribution is -1.99. The van der Waals surface area contributed by atoms with Gasteiger partial charge in [-0.1, -0.05) is 43.0 Å². The first-order valence-electron chi connectivity index (χ1n) is 6.33. The van der Waals surface area contributed by atoms with Gasteiger partial charge in [-0.25, -0.2) is 0 Å². The smallest absolute Gasteiger partial charge is 0.164 e. The molecule has 2 aromatic carbocycles. The van der Waals surface area contributed by atoms with E-state index in [2.05, 4.69) is 6.58 Å². The molecule has 3 heteroatoms. The number of hydrogen-bond donors (Lipinski definition) is 0. The summed E-state index contributed by atoms with van der Waals surface area (Å²) in [6.45, 7) is 4.30. The van der Waals surface area contributed by atoms with E-state index in [0.29, 0.717) is 18.1 Å². The molecule has 0 saturated carbocycles. The van der Waals surface area contributed by atoms with E-state index in [9.17, 15) is 0 Å². The summed E-state index contributed by atoms with van der Waals surface area (Å²) >= 11 is 0. The first-order valence-corrected chi connectivity index (χ1v) is 6.33. The minimum Gasteiger partial charge on any atom is -0.493 e. The van der Waals surface area contributed by atoms with Gasteiger partial charge in [0.05, 0.1) is 14.2 Å². The number of ether oxygens (including phenoxy) is 3. The van der Waals surface area contributed by atoms with Crippen LogP contribution in [-0.2, 0) is 6.61 Å². The first kappa shape index (κ1) is 14.0. The second-order valence-electron chi connectivity index (χ2n) is 4.22. The van der Waals surface area contributed by atoms with Crippen LogP contribution < -0.4 is 14.2 Å². The molecule has 0 radical (unpaired) electrons. The molecule has 3 nitrogen and oxygen atoms in total. The van der Waals surface area contributed by atoms with Gasteiger partial charge in [0.15, 0.2) is 11.5 Å². The Bertz CT molecular complexity index is 576. The number of methoxy groups -OCH3 is 2. The van der Waals surface area contributed by atoms with Crippen molar-refractivity contribution in [1.29, 1.82) is 0 Å². The molecule has 2 rings (SSSR count). The zero-order chi connectivity index (χ0) is 14.4. The van der Waals surface area contributed by atoms with Crippen molar-refractivity contribution in [3.63, 3.8) is 0 Å². The predicted octanol–water partition coefficient (Wildman–Crippen LogP) is 3.93. The fourth-order valence-corrected chi connectivity index (χ4v) is 1.90. The Kier molecular flexibility index (Phi) is 4.66. The quantitative estimate of drug-likeness (QED) is 0.796. The summed E-state index contributed by atoms with van der Waals surface area (Å²) < 4.78 is 16.4. The lowest BCUT2D eigenvalue weighted by atomic mass is 10.1. The van der Waals surface area contributed by atoms with E-state index in [-0.39, 0.29) is 0 Å². The Labute approximate surface area is 119 Å². The summed E-state index contributed by atoms with van der Waals surface area (Å²) in [6, 6.07) is 13.7. The van der Waals surface area contributed by atoms with Crippen LogP contribution in [0.15, 0.2) is 49.0 Å². The fraction of sp³-hybridized carbons (Fsp3) is 0.176. The van der Waals surface area contributed by atoms with Gasteiger partial charge in [0, 0.05) is 11.6 Å². The van der Waals surface area contributed by atoms with Gasteiger partial charge in [-0.2, -0.15) is 0 Å². The first-order chi connectivity index (χ1) is 9.78. The molecule has 0 heterocycles. The second-order valence-corrected chi connectivity index (χ2v) is 4.22. The van der Waals surface area contributed by atoms with Crippen LogP contribution >= 0.6 is 0 Å². The maximum absolute atomic E-state index is 5.85. The van der Waals surface area contributed by atoms with Gasteiger partial charge in [-0.15, -0.1) is 0 Å². The van der Waals surface area contributed by atoms with Crippen LogP contribution in [0.1, 0.15) is 11.1 Å². The third-order valence-electron chi connectivity index (χ3n) is 2.97. The molecule has 0 fully saturated rings. The van der Waals surface area contributed by atoms with Crippen molar-refractivity contribution in [3.8, 4) is 17.2 Å². The highest BCUT2D eigenvalue weighted by molar-refractivity contribution is 5.62. The van der Waals surface area contributed by atoms with Gasteiger partial charge in [-0.05, 0) is 11.6 Å². The summed E-state index contributed by atoms with van der Waals surface area (Å²) in [7, 11) is 3.21. The van der Waals surface area contributed by atoms with E-state index in [0.717, 1.165) is 16.9 Å². The molecule has 104 valence electrons. The van der Waals surface area contributed by atoms with Crippen molar-refractivity contribution in [2.24, 2.45) is 0 Å². The minimum absolute atomic E-state index is 0.497. The molecular formula is C17H18O3. The monoisotopic (exact) mass is 270 g/mol. The van der Waals surface area contributed by atoms with Gasteiger partial charge in [-0.3, -0.25) is 0 Å².